The van der Waals surface area contributed by atoms with Crippen molar-refractivity contribution in [3.05, 3.63) is 24.3 Å². The van der Waals surface area contributed by atoms with E-state index < -0.39 is 6.03 Å². The van der Waals surface area contributed by atoms with E-state index in [2.05, 4.69) is 17.6 Å². The maximum Gasteiger partial charge on any atom is 0.316 e. The molecule has 2 atom stereocenters. The van der Waals surface area contributed by atoms with Gasteiger partial charge in [0.05, 0.1) is 6.61 Å². The number of hydrogen-bond acceptors (Lipinski definition) is 3. The van der Waals surface area contributed by atoms with Crippen LogP contribution in [-0.2, 0) is 4.74 Å². The van der Waals surface area contributed by atoms with Crippen LogP contribution in [0.4, 0.5) is 16.2 Å². The van der Waals surface area contributed by atoms with E-state index in [-0.39, 0.29) is 0 Å². The molecule has 0 aliphatic carbocycles. The summed E-state index contributed by atoms with van der Waals surface area (Å²) in [6.45, 7) is 3.81. The molecule has 4 N–H and O–H groups in total. The first-order valence-corrected chi connectivity index (χ1v) is 6.16. The van der Waals surface area contributed by atoms with Gasteiger partial charge in [-0.25, -0.2) is 4.79 Å². The minimum atomic E-state index is -0.551. The van der Waals surface area contributed by atoms with Gasteiger partial charge < -0.3 is 21.1 Å². The average molecular weight is 249 g/mol. The Labute approximate surface area is 107 Å². The number of amides is 2. The van der Waals surface area contributed by atoms with E-state index in [1.165, 1.54) is 0 Å². The van der Waals surface area contributed by atoms with Crippen LogP contribution in [0, 0.1) is 5.92 Å². The quantitative estimate of drug-likeness (QED) is 0.764. The summed E-state index contributed by atoms with van der Waals surface area (Å²) in [6.07, 6.45) is 1.09. The Morgan fingerprint density at radius 3 is 2.94 bits per heavy atom. The van der Waals surface area contributed by atoms with Crippen LogP contribution in [0.5, 0.6) is 0 Å². The first-order valence-electron chi connectivity index (χ1n) is 6.16. The SMILES string of the molecule is CC(Nc1cccc(NC(N)=O)c1)C1CCOC1. The van der Waals surface area contributed by atoms with E-state index in [0.29, 0.717) is 17.6 Å². The summed E-state index contributed by atoms with van der Waals surface area (Å²) in [4.78, 5) is 10.8. The summed E-state index contributed by atoms with van der Waals surface area (Å²) in [5.74, 6) is 0.540. The Morgan fingerprint density at radius 2 is 2.28 bits per heavy atom. The lowest BCUT2D eigenvalue weighted by molar-refractivity contribution is 0.183. The number of urea groups is 1. The number of benzene rings is 1. The molecule has 1 aromatic carbocycles. The minimum absolute atomic E-state index is 0.344. The van der Waals surface area contributed by atoms with E-state index in [9.17, 15) is 4.79 Å². The van der Waals surface area contributed by atoms with Crippen molar-refractivity contribution < 1.29 is 9.53 Å². The molecular formula is C13H19N3O2. The van der Waals surface area contributed by atoms with Crippen LogP contribution in [0.3, 0.4) is 0 Å². The molecule has 2 rings (SSSR count). The number of ether oxygens (including phenoxy) is 1. The Balaban J connectivity index is 1.97. The van der Waals surface area contributed by atoms with E-state index in [4.69, 9.17) is 10.5 Å². The molecule has 1 fully saturated rings. The lowest BCUT2D eigenvalue weighted by Gasteiger charge is -2.20. The van der Waals surface area contributed by atoms with E-state index in [1.54, 1.807) is 6.07 Å². The summed E-state index contributed by atoms with van der Waals surface area (Å²) in [7, 11) is 0. The van der Waals surface area contributed by atoms with E-state index in [1.807, 2.05) is 18.2 Å². The molecule has 1 aromatic rings. The average Bonchev–Trinajstić information content (AvgIpc) is 2.81. The molecule has 0 bridgehead atoms. The van der Waals surface area contributed by atoms with Gasteiger partial charge >= 0.3 is 6.03 Å². The summed E-state index contributed by atoms with van der Waals surface area (Å²) >= 11 is 0. The molecule has 5 nitrogen and oxygen atoms in total. The highest BCUT2D eigenvalue weighted by Gasteiger charge is 2.21. The monoisotopic (exact) mass is 249 g/mol. The number of rotatable bonds is 4. The molecule has 0 spiro atoms. The number of carbonyl (C=O) groups is 1. The van der Waals surface area contributed by atoms with Crippen LogP contribution in [0.2, 0.25) is 0 Å². The van der Waals surface area contributed by atoms with Gasteiger partial charge in [-0.2, -0.15) is 0 Å². The zero-order valence-electron chi connectivity index (χ0n) is 10.5. The van der Waals surface area contributed by atoms with Crippen molar-refractivity contribution in [1.29, 1.82) is 0 Å². The number of nitrogens with one attached hydrogen (secondary N) is 2. The standard InChI is InChI=1S/C13H19N3O2/c1-9(10-5-6-18-8-10)15-11-3-2-4-12(7-11)16-13(14)17/h2-4,7,9-10,15H,5-6,8H2,1H3,(H3,14,16,17). The molecular weight excluding hydrogens is 230 g/mol. The Hall–Kier alpha value is -1.75. The minimum Gasteiger partial charge on any atom is -0.382 e. The number of hydrogen-bond donors (Lipinski definition) is 3. The van der Waals surface area contributed by atoms with Crippen molar-refractivity contribution in [2.45, 2.75) is 19.4 Å². The molecule has 0 saturated carbocycles. The zero-order valence-corrected chi connectivity index (χ0v) is 10.5. The zero-order chi connectivity index (χ0) is 13.0. The molecule has 98 valence electrons. The highest BCUT2D eigenvalue weighted by atomic mass is 16.5. The number of primary amides is 1. The van der Waals surface area contributed by atoms with Crippen LogP contribution in [0.25, 0.3) is 0 Å². The van der Waals surface area contributed by atoms with Crippen LogP contribution in [0.15, 0.2) is 24.3 Å². The van der Waals surface area contributed by atoms with Gasteiger partial charge in [0.25, 0.3) is 0 Å². The van der Waals surface area contributed by atoms with Crippen LogP contribution >= 0.6 is 0 Å². The maximum atomic E-state index is 10.8. The summed E-state index contributed by atoms with van der Waals surface area (Å²) in [6, 6.07) is 7.32. The van der Waals surface area contributed by atoms with Crippen LogP contribution < -0.4 is 16.4 Å². The normalized spacial score (nSPS) is 20.4. The van der Waals surface area contributed by atoms with Gasteiger partial charge in [-0.3, -0.25) is 0 Å². The molecule has 5 heteroatoms. The molecule has 1 heterocycles. The Morgan fingerprint density at radius 1 is 1.50 bits per heavy atom. The highest BCUT2D eigenvalue weighted by Crippen LogP contribution is 2.22. The van der Waals surface area contributed by atoms with E-state index in [0.717, 1.165) is 25.3 Å². The van der Waals surface area contributed by atoms with Crippen molar-refractivity contribution >= 4 is 17.4 Å². The summed E-state index contributed by atoms with van der Waals surface area (Å²) in [5.41, 5.74) is 6.76. The second-order valence-corrected chi connectivity index (χ2v) is 4.63. The lowest BCUT2D eigenvalue weighted by atomic mass is 10.0. The largest absolute Gasteiger partial charge is 0.382 e. The molecule has 2 unspecified atom stereocenters. The summed E-state index contributed by atoms with van der Waals surface area (Å²) < 4.78 is 5.38. The van der Waals surface area contributed by atoms with E-state index >= 15 is 0 Å². The van der Waals surface area contributed by atoms with Gasteiger partial charge in [0.1, 0.15) is 0 Å². The fourth-order valence-corrected chi connectivity index (χ4v) is 2.16. The van der Waals surface area contributed by atoms with Gasteiger partial charge in [0.2, 0.25) is 0 Å². The van der Waals surface area contributed by atoms with Crippen molar-refractivity contribution in [1.82, 2.24) is 0 Å². The third-order valence-corrected chi connectivity index (χ3v) is 3.20. The molecule has 1 aliphatic rings. The van der Waals surface area contributed by atoms with Gasteiger partial charge in [-0.05, 0) is 31.5 Å². The lowest BCUT2D eigenvalue weighted by Crippen LogP contribution is -2.26. The van der Waals surface area contributed by atoms with Gasteiger partial charge in [-0.15, -0.1) is 0 Å². The fraction of sp³-hybridized carbons (Fsp3) is 0.462. The maximum absolute atomic E-state index is 10.8. The van der Waals surface area contributed by atoms with Gasteiger partial charge in [-0.1, -0.05) is 6.07 Å². The van der Waals surface area contributed by atoms with Crippen molar-refractivity contribution in [2.75, 3.05) is 23.8 Å². The number of anilines is 2. The molecule has 0 radical (unpaired) electrons. The van der Waals surface area contributed by atoms with Crippen molar-refractivity contribution in [3.63, 3.8) is 0 Å². The first-order chi connectivity index (χ1) is 8.65. The molecule has 1 aliphatic heterocycles. The second-order valence-electron chi connectivity index (χ2n) is 4.63. The first kappa shape index (κ1) is 12.7. The number of carbonyl (C=O) groups excluding carboxylic acids is 1. The molecule has 1 saturated heterocycles. The van der Waals surface area contributed by atoms with Crippen molar-refractivity contribution in [3.8, 4) is 0 Å². The second kappa shape index (κ2) is 5.73. The van der Waals surface area contributed by atoms with Gasteiger partial charge in [0, 0.05) is 29.9 Å². The predicted molar refractivity (Wildman–Crippen MR) is 71.7 cm³/mol. The summed E-state index contributed by atoms with van der Waals surface area (Å²) in [5, 5.41) is 5.99. The fourth-order valence-electron chi connectivity index (χ4n) is 2.16. The highest BCUT2D eigenvalue weighted by molar-refractivity contribution is 5.88. The molecule has 0 aromatic heterocycles. The molecule has 2 amide bonds. The van der Waals surface area contributed by atoms with Crippen LogP contribution in [0.1, 0.15) is 13.3 Å². The number of nitrogens with two attached hydrogens (primary N) is 1. The van der Waals surface area contributed by atoms with Crippen molar-refractivity contribution in [2.24, 2.45) is 11.7 Å². The Bertz CT molecular complexity index is 416. The van der Waals surface area contributed by atoms with Crippen LogP contribution in [-0.4, -0.2) is 25.3 Å². The third kappa shape index (κ3) is 3.37. The Kier molecular flexibility index (Phi) is 4.04. The van der Waals surface area contributed by atoms with Gasteiger partial charge in [0.15, 0.2) is 0 Å². The third-order valence-electron chi connectivity index (χ3n) is 3.20. The topological polar surface area (TPSA) is 76.4 Å². The molecule has 18 heavy (non-hydrogen) atoms. The smallest absolute Gasteiger partial charge is 0.316 e. The predicted octanol–water partition coefficient (Wildman–Crippen LogP) is 2.01.